The molecule has 0 saturated heterocycles. The summed E-state index contributed by atoms with van der Waals surface area (Å²) in [5, 5.41) is 7.36. The molecule has 1 heterocycles. The Hall–Kier alpha value is -2.33. The number of aromatic nitrogens is 2. The monoisotopic (exact) mass is 301 g/mol. The van der Waals surface area contributed by atoms with E-state index in [-0.39, 0.29) is 5.82 Å². The number of hydrogen-bond donors (Lipinski definition) is 2. The summed E-state index contributed by atoms with van der Waals surface area (Å²) in [6.07, 6.45) is 0. The highest BCUT2D eigenvalue weighted by Gasteiger charge is 2.19. The summed E-state index contributed by atoms with van der Waals surface area (Å²) in [7, 11) is 0. The van der Waals surface area contributed by atoms with Gasteiger partial charge in [0.1, 0.15) is 5.82 Å². The van der Waals surface area contributed by atoms with Crippen molar-refractivity contribution >= 4 is 17.4 Å². The Kier molecular flexibility index (Phi) is 3.39. The van der Waals surface area contributed by atoms with E-state index in [1.807, 2.05) is 18.2 Å². The van der Waals surface area contributed by atoms with E-state index in [4.69, 9.17) is 17.3 Å². The number of aromatic amines is 1. The number of nitrogens with two attached hydrogens (primary N) is 1. The topological polar surface area (TPSA) is 54.7 Å². The van der Waals surface area contributed by atoms with Gasteiger partial charge < -0.3 is 5.73 Å². The van der Waals surface area contributed by atoms with Gasteiger partial charge in [-0.3, -0.25) is 5.10 Å². The molecule has 0 aliphatic carbocycles. The largest absolute Gasteiger partial charge is 0.382 e. The predicted octanol–water partition coefficient (Wildman–Crippen LogP) is 4.43. The van der Waals surface area contributed by atoms with Crippen LogP contribution in [0.25, 0.3) is 22.4 Å². The van der Waals surface area contributed by atoms with E-state index in [9.17, 15) is 4.39 Å². The van der Waals surface area contributed by atoms with Crippen molar-refractivity contribution in [3.05, 3.63) is 58.9 Å². The van der Waals surface area contributed by atoms with Crippen LogP contribution < -0.4 is 5.73 Å². The standard InChI is InChI=1S/C16H13ClFN3/c1-9-5-4-7-11(14(9)18)15-13(16(19)21-20-15)10-6-2-3-8-12(10)17/h2-8H,1H3,(H3,19,20,21). The van der Waals surface area contributed by atoms with Crippen molar-refractivity contribution in [2.24, 2.45) is 0 Å². The lowest BCUT2D eigenvalue weighted by Gasteiger charge is -2.08. The van der Waals surface area contributed by atoms with Crippen LogP contribution in [0, 0.1) is 12.7 Å². The van der Waals surface area contributed by atoms with Gasteiger partial charge in [-0.25, -0.2) is 4.39 Å². The molecule has 3 nitrogen and oxygen atoms in total. The number of benzene rings is 2. The first kappa shape index (κ1) is 13.6. The van der Waals surface area contributed by atoms with E-state index in [1.54, 1.807) is 31.2 Å². The van der Waals surface area contributed by atoms with E-state index in [0.717, 1.165) is 5.56 Å². The maximum absolute atomic E-state index is 14.4. The molecular formula is C16H13ClFN3. The summed E-state index contributed by atoms with van der Waals surface area (Å²) in [6, 6.07) is 12.5. The van der Waals surface area contributed by atoms with Gasteiger partial charge >= 0.3 is 0 Å². The molecule has 3 N–H and O–H groups in total. The van der Waals surface area contributed by atoms with Crippen LogP contribution in [-0.4, -0.2) is 10.2 Å². The second-order valence-corrected chi connectivity index (χ2v) is 5.18. The lowest BCUT2D eigenvalue weighted by molar-refractivity contribution is 0.621. The first-order valence-corrected chi connectivity index (χ1v) is 6.81. The van der Waals surface area contributed by atoms with E-state index in [1.165, 1.54) is 0 Å². The molecule has 0 amide bonds. The van der Waals surface area contributed by atoms with Crippen molar-refractivity contribution in [3.63, 3.8) is 0 Å². The summed E-state index contributed by atoms with van der Waals surface area (Å²) in [5.74, 6) is -0.00606. The summed E-state index contributed by atoms with van der Waals surface area (Å²) in [6.45, 7) is 1.72. The molecule has 5 heteroatoms. The number of rotatable bonds is 2. The maximum atomic E-state index is 14.4. The molecule has 0 aliphatic rings. The molecule has 21 heavy (non-hydrogen) atoms. The van der Waals surface area contributed by atoms with Crippen LogP contribution in [-0.2, 0) is 0 Å². The Balaban J connectivity index is 2.28. The highest BCUT2D eigenvalue weighted by atomic mass is 35.5. The zero-order chi connectivity index (χ0) is 15.0. The van der Waals surface area contributed by atoms with Gasteiger partial charge in [0.25, 0.3) is 0 Å². The quantitative estimate of drug-likeness (QED) is 0.736. The van der Waals surface area contributed by atoms with Crippen molar-refractivity contribution in [3.8, 4) is 22.4 Å². The molecule has 106 valence electrons. The van der Waals surface area contributed by atoms with Crippen LogP contribution in [0.1, 0.15) is 5.56 Å². The molecule has 0 aliphatic heterocycles. The highest BCUT2D eigenvalue weighted by Crippen LogP contribution is 2.39. The molecule has 3 aromatic rings. The molecule has 0 saturated carbocycles. The van der Waals surface area contributed by atoms with Crippen LogP contribution >= 0.6 is 11.6 Å². The van der Waals surface area contributed by atoms with Gasteiger partial charge in [0.05, 0.1) is 11.3 Å². The summed E-state index contributed by atoms with van der Waals surface area (Å²) in [4.78, 5) is 0. The van der Waals surface area contributed by atoms with Crippen molar-refractivity contribution < 1.29 is 4.39 Å². The van der Waals surface area contributed by atoms with Crippen LogP contribution in [0.15, 0.2) is 42.5 Å². The van der Waals surface area contributed by atoms with E-state index < -0.39 is 0 Å². The smallest absolute Gasteiger partial charge is 0.153 e. The van der Waals surface area contributed by atoms with Gasteiger partial charge in [-0.05, 0) is 24.6 Å². The van der Waals surface area contributed by atoms with Crippen LogP contribution in [0.2, 0.25) is 5.02 Å². The van der Waals surface area contributed by atoms with Crippen molar-refractivity contribution in [1.82, 2.24) is 10.2 Å². The third-order valence-corrected chi connectivity index (χ3v) is 3.73. The minimum Gasteiger partial charge on any atom is -0.382 e. The van der Waals surface area contributed by atoms with Gasteiger partial charge in [-0.15, -0.1) is 0 Å². The lowest BCUT2D eigenvalue weighted by atomic mass is 9.99. The Bertz CT molecular complexity index is 811. The number of aryl methyl sites for hydroxylation is 1. The molecule has 0 radical (unpaired) electrons. The predicted molar refractivity (Wildman–Crippen MR) is 83.6 cm³/mol. The number of nitrogens with one attached hydrogen (secondary N) is 1. The zero-order valence-electron chi connectivity index (χ0n) is 11.3. The average molecular weight is 302 g/mol. The lowest BCUT2D eigenvalue weighted by Crippen LogP contribution is -1.92. The zero-order valence-corrected chi connectivity index (χ0v) is 12.1. The number of H-pyrrole nitrogens is 1. The van der Waals surface area contributed by atoms with Crippen molar-refractivity contribution in [2.45, 2.75) is 6.92 Å². The van der Waals surface area contributed by atoms with Crippen molar-refractivity contribution in [2.75, 3.05) is 5.73 Å². The van der Waals surface area contributed by atoms with Gasteiger partial charge in [-0.2, -0.15) is 5.10 Å². The first-order chi connectivity index (χ1) is 10.1. The van der Waals surface area contributed by atoms with Crippen LogP contribution in [0.5, 0.6) is 0 Å². The van der Waals surface area contributed by atoms with Crippen LogP contribution in [0.4, 0.5) is 10.2 Å². The Labute approximate surface area is 126 Å². The number of anilines is 1. The second kappa shape index (κ2) is 5.22. The number of hydrogen-bond acceptors (Lipinski definition) is 2. The molecule has 0 fully saturated rings. The van der Waals surface area contributed by atoms with E-state index in [2.05, 4.69) is 10.2 Å². The fourth-order valence-electron chi connectivity index (χ4n) is 2.33. The normalized spacial score (nSPS) is 10.8. The third kappa shape index (κ3) is 2.28. The van der Waals surface area contributed by atoms with Gasteiger partial charge in [0.15, 0.2) is 5.82 Å². The number of halogens is 2. The average Bonchev–Trinajstić information content (AvgIpc) is 2.84. The highest BCUT2D eigenvalue weighted by molar-refractivity contribution is 6.33. The van der Waals surface area contributed by atoms with Gasteiger partial charge in [-0.1, -0.05) is 41.9 Å². The summed E-state index contributed by atoms with van der Waals surface area (Å²) >= 11 is 6.23. The summed E-state index contributed by atoms with van der Waals surface area (Å²) < 4.78 is 14.4. The molecule has 3 rings (SSSR count). The maximum Gasteiger partial charge on any atom is 0.153 e. The van der Waals surface area contributed by atoms with Crippen LogP contribution in [0.3, 0.4) is 0 Å². The molecule has 0 spiro atoms. The Morgan fingerprint density at radius 3 is 2.57 bits per heavy atom. The molecule has 1 aromatic heterocycles. The molecular weight excluding hydrogens is 289 g/mol. The first-order valence-electron chi connectivity index (χ1n) is 6.44. The minimum atomic E-state index is -0.297. The molecule has 2 aromatic carbocycles. The van der Waals surface area contributed by atoms with Crippen molar-refractivity contribution in [1.29, 1.82) is 0 Å². The van der Waals surface area contributed by atoms with E-state index >= 15 is 0 Å². The molecule has 0 unspecified atom stereocenters. The Morgan fingerprint density at radius 1 is 1.10 bits per heavy atom. The molecule has 0 bridgehead atoms. The molecule has 0 atom stereocenters. The number of nitrogen functional groups attached to an aromatic ring is 1. The fraction of sp³-hybridized carbons (Fsp3) is 0.0625. The third-order valence-electron chi connectivity index (χ3n) is 3.40. The summed E-state index contributed by atoms with van der Waals surface area (Å²) in [5.41, 5.74) is 8.80. The fourth-order valence-corrected chi connectivity index (χ4v) is 2.56. The second-order valence-electron chi connectivity index (χ2n) is 4.78. The SMILES string of the molecule is Cc1cccc(-c2[nH]nc(N)c2-c2ccccc2Cl)c1F. The van der Waals surface area contributed by atoms with E-state index in [0.29, 0.717) is 33.2 Å². The van der Waals surface area contributed by atoms with Gasteiger partial charge in [0, 0.05) is 16.1 Å². The van der Waals surface area contributed by atoms with Gasteiger partial charge in [0.2, 0.25) is 0 Å². The minimum absolute atomic E-state index is 0.291. The Morgan fingerprint density at radius 2 is 1.81 bits per heavy atom. The number of nitrogens with zero attached hydrogens (tertiary/aromatic N) is 1.